The fraction of sp³-hybridized carbons (Fsp3) is 0.786. The van der Waals surface area contributed by atoms with Crippen LogP contribution in [0.4, 0.5) is 0 Å². The van der Waals surface area contributed by atoms with E-state index < -0.39 is 0 Å². The molecule has 0 radical (unpaired) electrons. The van der Waals surface area contributed by atoms with Gasteiger partial charge < -0.3 is 9.73 Å². The fourth-order valence-electron chi connectivity index (χ4n) is 2.35. The minimum Gasteiger partial charge on any atom is -0.437 e. The molecule has 1 fully saturated rings. The summed E-state index contributed by atoms with van der Waals surface area (Å²) in [5.41, 5.74) is 1.00. The maximum atomic E-state index is 5.60. The Morgan fingerprint density at radius 3 is 2.67 bits per heavy atom. The lowest BCUT2D eigenvalue weighted by Crippen LogP contribution is -2.35. The topological polar surface area (TPSA) is 38.1 Å². The number of hydrogen-bond donors (Lipinski definition) is 1. The molecule has 1 aliphatic carbocycles. The summed E-state index contributed by atoms with van der Waals surface area (Å²) < 4.78 is 5.60. The number of nitrogens with zero attached hydrogens (tertiary/aromatic N) is 1. The highest BCUT2D eigenvalue weighted by Crippen LogP contribution is 2.24. The number of rotatable bonds is 5. The number of aromatic nitrogens is 1. The molecular formula is C14H24N2OS. The van der Waals surface area contributed by atoms with E-state index in [1.807, 2.05) is 13.8 Å². The Bertz CT molecular complexity index is 352. The third kappa shape index (κ3) is 4.02. The Morgan fingerprint density at radius 2 is 2.06 bits per heavy atom. The van der Waals surface area contributed by atoms with Crippen molar-refractivity contribution in [2.75, 3.05) is 6.54 Å². The minimum absolute atomic E-state index is 0.504. The summed E-state index contributed by atoms with van der Waals surface area (Å²) in [5, 5.41) is 4.99. The van der Waals surface area contributed by atoms with Crippen LogP contribution in [-0.4, -0.2) is 22.8 Å². The highest BCUT2D eigenvalue weighted by atomic mass is 32.2. The Hall–Kier alpha value is -0.480. The molecule has 0 saturated heterocycles. The molecule has 1 heterocycles. The van der Waals surface area contributed by atoms with Gasteiger partial charge in [-0.1, -0.05) is 37.9 Å². The number of aryl methyl sites for hydroxylation is 2. The Labute approximate surface area is 114 Å². The normalized spacial score (nSPS) is 19.1. The van der Waals surface area contributed by atoms with Gasteiger partial charge in [0.2, 0.25) is 0 Å². The molecule has 102 valence electrons. The summed E-state index contributed by atoms with van der Waals surface area (Å²) in [5.74, 6) is 0.935. The molecular weight excluding hydrogens is 244 g/mol. The standard InChI is InChI=1S/C14H24N2OS/c1-10(9-15-13-7-5-4-6-8-13)18-14-16-11(2)12(3)17-14/h10,13,15H,4-9H2,1-3H3. The van der Waals surface area contributed by atoms with Crippen molar-refractivity contribution in [2.24, 2.45) is 0 Å². The van der Waals surface area contributed by atoms with Crippen LogP contribution < -0.4 is 5.32 Å². The lowest BCUT2D eigenvalue weighted by Gasteiger charge is -2.24. The number of nitrogens with one attached hydrogen (secondary N) is 1. The van der Waals surface area contributed by atoms with Gasteiger partial charge in [0.05, 0.1) is 5.69 Å². The van der Waals surface area contributed by atoms with Crippen molar-refractivity contribution in [2.45, 2.75) is 69.4 Å². The molecule has 0 spiro atoms. The Kier molecular flexibility index (Phi) is 5.13. The second-order valence-corrected chi connectivity index (χ2v) is 6.68. The Morgan fingerprint density at radius 1 is 1.33 bits per heavy atom. The van der Waals surface area contributed by atoms with Crippen LogP contribution in [0.5, 0.6) is 0 Å². The van der Waals surface area contributed by atoms with E-state index >= 15 is 0 Å². The monoisotopic (exact) mass is 268 g/mol. The molecule has 0 aliphatic heterocycles. The van der Waals surface area contributed by atoms with E-state index in [1.54, 1.807) is 11.8 Å². The fourth-order valence-corrected chi connectivity index (χ4v) is 3.23. The second-order valence-electron chi connectivity index (χ2n) is 5.29. The van der Waals surface area contributed by atoms with Crippen molar-refractivity contribution in [3.05, 3.63) is 11.5 Å². The Balaban J connectivity index is 1.72. The molecule has 0 bridgehead atoms. The zero-order valence-corrected chi connectivity index (χ0v) is 12.5. The van der Waals surface area contributed by atoms with Gasteiger partial charge in [-0.3, -0.25) is 0 Å². The number of oxazole rings is 1. The maximum Gasteiger partial charge on any atom is 0.256 e. The molecule has 1 aromatic rings. The van der Waals surface area contributed by atoms with E-state index in [1.165, 1.54) is 32.1 Å². The van der Waals surface area contributed by atoms with Crippen LogP contribution in [0, 0.1) is 13.8 Å². The SMILES string of the molecule is Cc1nc(SC(C)CNC2CCCCC2)oc1C. The molecule has 1 unspecified atom stereocenters. The molecule has 4 heteroatoms. The summed E-state index contributed by atoms with van der Waals surface area (Å²) in [6.07, 6.45) is 6.87. The van der Waals surface area contributed by atoms with Crippen LogP contribution in [0.15, 0.2) is 9.64 Å². The molecule has 1 atom stereocenters. The molecule has 3 nitrogen and oxygen atoms in total. The van der Waals surface area contributed by atoms with Crippen molar-refractivity contribution in [3.8, 4) is 0 Å². The first-order valence-corrected chi connectivity index (χ1v) is 7.87. The van der Waals surface area contributed by atoms with E-state index in [2.05, 4.69) is 17.2 Å². The average Bonchev–Trinajstić information content (AvgIpc) is 2.67. The van der Waals surface area contributed by atoms with Gasteiger partial charge in [-0.05, 0) is 26.7 Å². The molecule has 0 amide bonds. The lowest BCUT2D eigenvalue weighted by molar-refractivity contribution is 0.375. The molecule has 1 saturated carbocycles. The summed E-state index contributed by atoms with van der Waals surface area (Å²) in [6.45, 7) is 7.23. The van der Waals surface area contributed by atoms with Gasteiger partial charge >= 0.3 is 0 Å². The lowest BCUT2D eigenvalue weighted by atomic mass is 9.95. The van der Waals surface area contributed by atoms with Crippen molar-refractivity contribution in [3.63, 3.8) is 0 Å². The summed E-state index contributed by atoms with van der Waals surface area (Å²) in [7, 11) is 0. The van der Waals surface area contributed by atoms with Crippen LogP contribution in [-0.2, 0) is 0 Å². The van der Waals surface area contributed by atoms with Gasteiger partial charge in [-0.25, -0.2) is 4.98 Å². The number of thioether (sulfide) groups is 1. The van der Waals surface area contributed by atoms with Crippen LogP contribution >= 0.6 is 11.8 Å². The molecule has 2 rings (SSSR count). The average molecular weight is 268 g/mol. The largest absolute Gasteiger partial charge is 0.437 e. The van der Waals surface area contributed by atoms with Gasteiger partial charge in [-0.15, -0.1) is 0 Å². The highest BCUT2D eigenvalue weighted by Gasteiger charge is 2.15. The maximum absolute atomic E-state index is 5.60. The van der Waals surface area contributed by atoms with Crippen LogP contribution in [0.25, 0.3) is 0 Å². The van der Waals surface area contributed by atoms with Crippen molar-refractivity contribution in [1.29, 1.82) is 0 Å². The summed E-state index contributed by atoms with van der Waals surface area (Å²) in [6, 6.07) is 0.731. The van der Waals surface area contributed by atoms with E-state index in [-0.39, 0.29) is 0 Å². The predicted octanol–water partition coefficient (Wildman–Crippen LogP) is 3.69. The smallest absolute Gasteiger partial charge is 0.256 e. The van der Waals surface area contributed by atoms with Crippen LogP contribution in [0.3, 0.4) is 0 Å². The molecule has 0 aromatic carbocycles. The zero-order chi connectivity index (χ0) is 13.0. The quantitative estimate of drug-likeness (QED) is 0.826. The predicted molar refractivity (Wildman–Crippen MR) is 76.2 cm³/mol. The van der Waals surface area contributed by atoms with Gasteiger partial charge in [0, 0.05) is 17.8 Å². The minimum atomic E-state index is 0.504. The van der Waals surface area contributed by atoms with E-state index in [9.17, 15) is 0 Å². The zero-order valence-electron chi connectivity index (χ0n) is 11.7. The molecule has 1 aliphatic rings. The van der Waals surface area contributed by atoms with Gasteiger partial charge in [0.15, 0.2) is 0 Å². The first-order valence-electron chi connectivity index (χ1n) is 6.99. The van der Waals surface area contributed by atoms with Crippen molar-refractivity contribution >= 4 is 11.8 Å². The number of hydrogen-bond acceptors (Lipinski definition) is 4. The first kappa shape index (κ1) is 13.9. The van der Waals surface area contributed by atoms with Gasteiger partial charge in [0.25, 0.3) is 5.22 Å². The second kappa shape index (κ2) is 6.62. The van der Waals surface area contributed by atoms with Gasteiger partial charge in [0.1, 0.15) is 5.76 Å². The molecule has 18 heavy (non-hydrogen) atoms. The van der Waals surface area contributed by atoms with Gasteiger partial charge in [-0.2, -0.15) is 0 Å². The summed E-state index contributed by atoms with van der Waals surface area (Å²) in [4.78, 5) is 4.41. The van der Waals surface area contributed by atoms with Crippen LogP contribution in [0.1, 0.15) is 50.5 Å². The van der Waals surface area contributed by atoms with E-state index in [4.69, 9.17) is 4.42 Å². The van der Waals surface area contributed by atoms with Crippen molar-refractivity contribution in [1.82, 2.24) is 10.3 Å². The molecule has 1 aromatic heterocycles. The first-order chi connectivity index (χ1) is 8.65. The third-order valence-corrected chi connectivity index (χ3v) is 4.56. The summed E-state index contributed by atoms with van der Waals surface area (Å²) >= 11 is 1.73. The van der Waals surface area contributed by atoms with Crippen LogP contribution in [0.2, 0.25) is 0 Å². The van der Waals surface area contributed by atoms with Crippen molar-refractivity contribution < 1.29 is 4.42 Å². The van der Waals surface area contributed by atoms with E-state index in [0.29, 0.717) is 5.25 Å². The molecule has 1 N–H and O–H groups in total. The van der Waals surface area contributed by atoms with E-state index in [0.717, 1.165) is 29.3 Å². The highest BCUT2D eigenvalue weighted by molar-refractivity contribution is 7.99. The third-order valence-electron chi connectivity index (χ3n) is 3.61.